The molecule has 2 aromatic rings. The summed E-state index contributed by atoms with van der Waals surface area (Å²) in [7, 11) is 0. The largest absolute Gasteiger partial charge is 0.368 e. The van der Waals surface area contributed by atoms with Crippen LogP contribution in [-0.4, -0.2) is 74.3 Å². The van der Waals surface area contributed by atoms with Gasteiger partial charge in [0.25, 0.3) is 0 Å². The van der Waals surface area contributed by atoms with E-state index in [9.17, 15) is 10.1 Å². The summed E-state index contributed by atoms with van der Waals surface area (Å²) >= 11 is 7.80. The summed E-state index contributed by atoms with van der Waals surface area (Å²) in [6.45, 7) is 6.09. The van der Waals surface area contributed by atoms with E-state index in [1.165, 1.54) is 17.6 Å². The number of benzene rings is 1. The lowest BCUT2D eigenvalue weighted by molar-refractivity contribution is -0.383. The number of anilines is 1. The Kier molecular flexibility index (Phi) is 12.0. The Morgan fingerprint density at radius 2 is 1.45 bits per heavy atom. The van der Waals surface area contributed by atoms with Crippen molar-refractivity contribution in [3.8, 4) is 0 Å². The van der Waals surface area contributed by atoms with Gasteiger partial charge in [-0.3, -0.25) is 10.1 Å². The van der Waals surface area contributed by atoms with Gasteiger partial charge in [-0.25, -0.2) is 4.63 Å². The normalized spacial score (nSPS) is 11.2. The van der Waals surface area contributed by atoms with Gasteiger partial charge in [0.1, 0.15) is 0 Å². The van der Waals surface area contributed by atoms with Crippen LogP contribution in [0.4, 0.5) is 11.4 Å². The zero-order valence-corrected chi connectivity index (χ0v) is 20.1. The van der Waals surface area contributed by atoms with Crippen molar-refractivity contribution in [1.82, 2.24) is 10.3 Å². The van der Waals surface area contributed by atoms with E-state index >= 15 is 0 Å². The molecule has 0 atom stereocenters. The second-order valence-corrected chi connectivity index (χ2v) is 11.2. The van der Waals surface area contributed by atoms with E-state index in [0.717, 1.165) is 53.3 Å². The maximum atomic E-state index is 11.3. The number of rotatable bonds is 16. The van der Waals surface area contributed by atoms with Crippen LogP contribution in [0.5, 0.6) is 0 Å². The summed E-state index contributed by atoms with van der Waals surface area (Å²) in [5, 5.41) is 19.0. The fraction of sp³-hybridized carbons (Fsp3) is 0.667. The third-order valence-electron chi connectivity index (χ3n) is 4.07. The summed E-state index contributed by atoms with van der Waals surface area (Å²) < 4.78 is 4.84. The third kappa shape index (κ3) is 8.10. The van der Waals surface area contributed by atoms with Crippen molar-refractivity contribution < 1.29 is 9.55 Å². The minimum Gasteiger partial charge on any atom is -0.368 e. The Labute approximate surface area is 189 Å². The molecule has 0 saturated carbocycles. The molecule has 11 heteroatoms. The second kappa shape index (κ2) is 14.3. The van der Waals surface area contributed by atoms with Crippen LogP contribution in [-0.2, 0) is 0 Å². The monoisotopic (exact) mass is 476 g/mol. The predicted octanol–water partition coefficient (Wildman–Crippen LogP) is 4.91. The van der Waals surface area contributed by atoms with Gasteiger partial charge in [0.2, 0.25) is 5.52 Å². The van der Waals surface area contributed by atoms with E-state index in [1.807, 2.05) is 47.0 Å². The number of non-ortho nitro benzene ring substituents is 1. The number of nitro groups is 1. The molecule has 0 spiro atoms. The Morgan fingerprint density at radius 1 is 0.897 bits per heavy atom. The molecule has 7 nitrogen and oxygen atoms in total. The SMILES string of the molecule is CCSCCSCCN(CCSCCSCC)c1ccc([N+](=O)[O-])c2nonc12. The average Bonchev–Trinajstić information content (AvgIpc) is 3.20. The van der Waals surface area contributed by atoms with Gasteiger partial charge in [0.05, 0.1) is 10.6 Å². The number of thioether (sulfide) groups is 4. The first kappa shape index (κ1) is 24.5. The fourth-order valence-corrected chi connectivity index (χ4v) is 6.24. The number of nitro benzene ring substituents is 1. The number of fused-ring (bicyclic) bond motifs is 1. The molecule has 0 N–H and O–H groups in total. The second-order valence-electron chi connectivity index (χ2n) is 5.93. The van der Waals surface area contributed by atoms with Crippen LogP contribution in [0.15, 0.2) is 16.8 Å². The molecule has 0 fully saturated rings. The molecule has 29 heavy (non-hydrogen) atoms. The summed E-state index contributed by atoms with van der Waals surface area (Å²) in [6.07, 6.45) is 0. The smallest absolute Gasteiger partial charge is 0.300 e. The maximum Gasteiger partial charge on any atom is 0.300 e. The summed E-state index contributed by atoms with van der Waals surface area (Å²) in [4.78, 5) is 13.1. The quantitative estimate of drug-likeness (QED) is 0.189. The van der Waals surface area contributed by atoms with Crippen molar-refractivity contribution in [2.24, 2.45) is 0 Å². The van der Waals surface area contributed by atoms with E-state index < -0.39 is 4.92 Å². The molecule has 0 aliphatic carbocycles. The molecule has 0 unspecified atom stereocenters. The van der Waals surface area contributed by atoms with Crippen molar-refractivity contribution in [2.75, 3.05) is 64.0 Å². The zero-order valence-electron chi connectivity index (χ0n) is 16.9. The Bertz CT molecular complexity index is 731. The summed E-state index contributed by atoms with van der Waals surface area (Å²) in [5.41, 5.74) is 1.48. The van der Waals surface area contributed by atoms with Gasteiger partial charge in [-0.05, 0) is 27.9 Å². The van der Waals surface area contributed by atoms with Crippen molar-refractivity contribution >= 4 is 69.5 Å². The number of nitrogens with zero attached hydrogens (tertiary/aromatic N) is 4. The summed E-state index contributed by atoms with van der Waals surface area (Å²) in [6, 6.07) is 3.28. The van der Waals surface area contributed by atoms with Crippen LogP contribution >= 0.6 is 47.0 Å². The van der Waals surface area contributed by atoms with Gasteiger partial charge in [-0.1, -0.05) is 13.8 Å². The molecule has 0 aliphatic rings. The highest BCUT2D eigenvalue weighted by atomic mass is 32.2. The Morgan fingerprint density at radius 3 is 2.00 bits per heavy atom. The molecule has 1 aromatic carbocycles. The van der Waals surface area contributed by atoms with E-state index in [2.05, 4.69) is 29.1 Å². The first-order valence-corrected chi connectivity index (χ1v) is 14.3. The number of aromatic nitrogens is 2. The first-order chi connectivity index (χ1) is 14.2. The first-order valence-electron chi connectivity index (χ1n) is 9.64. The lowest BCUT2D eigenvalue weighted by Crippen LogP contribution is -2.29. The molecule has 0 radical (unpaired) electrons. The van der Waals surface area contributed by atoms with Gasteiger partial charge in [0, 0.05) is 53.7 Å². The topological polar surface area (TPSA) is 85.3 Å². The minimum atomic E-state index is -0.441. The fourth-order valence-electron chi connectivity index (χ4n) is 2.67. The number of hydrogen-bond acceptors (Lipinski definition) is 10. The zero-order chi connectivity index (χ0) is 20.9. The molecule has 1 heterocycles. The highest BCUT2D eigenvalue weighted by Gasteiger charge is 2.22. The van der Waals surface area contributed by atoms with Gasteiger partial charge >= 0.3 is 5.69 Å². The van der Waals surface area contributed by atoms with Crippen LogP contribution in [0, 0.1) is 10.1 Å². The average molecular weight is 477 g/mol. The van der Waals surface area contributed by atoms with Crippen molar-refractivity contribution in [1.29, 1.82) is 0 Å². The maximum absolute atomic E-state index is 11.3. The van der Waals surface area contributed by atoms with Crippen LogP contribution in [0.3, 0.4) is 0 Å². The highest BCUT2D eigenvalue weighted by Crippen LogP contribution is 2.31. The Balaban J connectivity index is 2.03. The van der Waals surface area contributed by atoms with Gasteiger partial charge in [-0.2, -0.15) is 47.0 Å². The molecule has 1 aromatic heterocycles. The van der Waals surface area contributed by atoms with Crippen molar-refractivity contribution in [2.45, 2.75) is 13.8 Å². The van der Waals surface area contributed by atoms with Crippen molar-refractivity contribution in [3.63, 3.8) is 0 Å². The molecular formula is C18H28N4O3S4. The van der Waals surface area contributed by atoms with Crippen molar-refractivity contribution in [3.05, 3.63) is 22.2 Å². The van der Waals surface area contributed by atoms with E-state index in [0.29, 0.717) is 5.52 Å². The molecule has 2 rings (SSSR count). The minimum absolute atomic E-state index is 0.0677. The van der Waals surface area contributed by atoms with Crippen LogP contribution in [0.1, 0.15) is 13.8 Å². The third-order valence-corrected chi connectivity index (χ3v) is 8.32. The highest BCUT2D eigenvalue weighted by molar-refractivity contribution is 8.03. The number of hydrogen-bond donors (Lipinski definition) is 0. The van der Waals surface area contributed by atoms with E-state index in [4.69, 9.17) is 4.63 Å². The molecule has 162 valence electrons. The molecule has 0 amide bonds. The molecular weight excluding hydrogens is 448 g/mol. The van der Waals surface area contributed by atoms with Crippen LogP contribution < -0.4 is 4.90 Å². The standard InChI is InChI=1S/C18H28N4O3S4/c1-3-26-11-13-28-9-7-21(8-10-29-14-12-27-4-2)15-5-6-16(22(23)24)18-17(15)19-25-20-18/h5-6H,3-4,7-14H2,1-2H3. The van der Waals surface area contributed by atoms with E-state index in [1.54, 1.807) is 6.07 Å². The van der Waals surface area contributed by atoms with E-state index in [-0.39, 0.29) is 11.2 Å². The van der Waals surface area contributed by atoms with Crippen LogP contribution in [0.2, 0.25) is 0 Å². The molecule has 0 aliphatic heterocycles. The van der Waals surface area contributed by atoms with Gasteiger partial charge < -0.3 is 4.90 Å². The predicted molar refractivity (Wildman–Crippen MR) is 131 cm³/mol. The lowest BCUT2D eigenvalue weighted by Gasteiger charge is -2.24. The summed E-state index contributed by atoms with van der Waals surface area (Å²) in [5.74, 6) is 8.92. The van der Waals surface area contributed by atoms with Gasteiger partial charge in [-0.15, -0.1) is 0 Å². The molecule has 0 saturated heterocycles. The lowest BCUT2D eigenvalue weighted by atomic mass is 10.2. The molecule has 0 bridgehead atoms. The Hall–Kier alpha value is -0.780. The van der Waals surface area contributed by atoms with Gasteiger partial charge in [0.15, 0.2) is 5.52 Å². The van der Waals surface area contributed by atoms with Crippen LogP contribution in [0.25, 0.3) is 11.0 Å².